The molecule has 0 unspecified atom stereocenters. The van der Waals surface area contributed by atoms with E-state index in [9.17, 15) is 0 Å². The molecule has 2 N–H and O–H groups in total. The second-order valence-electron chi connectivity index (χ2n) is 4.46. The Hall–Kier alpha value is -2.06. The van der Waals surface area contributed by atoms with Crippen LogP contribution in [0.4, 0.5) is 0 Å². The van der Waals surface area contributed by atoms with E-state index in [2.05, 4.69) is 25.1 Å². The van der Waals surface area contributed by atoms with Crippen LogP contribution in [0.15, 0.2) is 52.9 Å². The number of para-hydroxylation sites is 1. The minimum atomic E-state index is 0.549. The third kappa shape index (κ3) is 1.71. The van der Waals surface area contributed by atoms with Crippen LogP contribution in [0.25, 0.3) is 22.3 Å². The molecule has 0 aliphatic carbocycles. The van der Waals surface area contributed by atoms with Crippen molar-refractivity contribution in [1.82, 2.24) is 0 Å². The first-order valence-corrected chi connectivity index (χ1v) is 6.07. The molecular formula is C16H15NO. The van der Waals surface area contributed by atoms with Gasteiger partial charge in [-0.05, 0) is 24.6 Å². The van der Waals surface area contributed by atoms with E-state index in [1.807, 2.05) is 30.3 Å². The molecule has 90 valence electrons. The van der Waals surface area contributed by atoms with Gasteiger partial charge in [0.15, 0.2) is 0 Å². The van der Waals surface area contributed by atoms with Crippen molar-refractivity contribution in [2.45, 2.75) is 13.5 Å². The lowest BCUT2D eigenvalue weighted by molar-refractivity contribution is 0.629. The van der Waals surface area contributed by atoms with Crippen molar-refractivity contribution < 1.29 is 4.42 Å². The van der Waals surface area contributed by atoms with Gasteiger partial charge in [0, 0.05) is 23.1 Å². The number of fused-ring (bicyclic) bond motifs is 1. The SMILES string of the molecule is Cc1c(-c2cccc(CN)c2)oc2ccccc12. The van der Waals surface area contributed by atoms with Crippen molar-refractivity contribution >= 4 is 11.0 Å². The molecule has 1 aromatic heterocycles. The minimum Gasteiger partial charge on any atom is -0.456 e. The van der Waals surface area contributed by atoms with Crippen LogP contribution in [0.3, 0.4) is 0 Å². The Morgan fingerprint density at radius 3 is 2.67 bits per heavy atom. The molecule has 18 heavy (non-hydrogen) atoms. The molecule has 2 nitrogen and oxygen atoms in total. The quantitative estimate of drug-likeness (QED) is 0.735. The normalized spacial score (nSPS) is 11.0. The van der Waals surface area contributed by atoms with Gasteiger partial charge in [-0.3, -0.25) is 0 Å². The second-order valence-corrected chi connectivity index (χ2v) is 4.46. The minimum absolute atomic E-state index is 0.549. The summed E-state index contributed by atoms with van der Waals surface area (Å²) in [6, 6.07) is 16.3. The molecule has 0 saturated heterocycles. The summed E-state index contributed by atoms with van der Waals surface area (Å²) in [5, 5.41) is 1.17. The molecule has 0 saturated carbocycles. The molecule has 1 heterocycles. The average molecular weight is 237 g/mol. The highest BCUT2D eigenvalue weighted by molar-refractivity contribution is 5.87. The number of furan rings is 1. The summed E-state index contributed by atoms with van der Waals surface area (Å²) < 4.78 is 5.94. The van der Waals surface area contributed by atoms with Crippen molar-refractivity contribution in [3.8, 4) is 11.3 Å². The first-order chi connectivity index (χ1) is 8.79. The topological polar surface area (TPSA) is 39.2 Å². The van der Waals surface area contributed by atoms with Crippen LogP contribution in [-0.4, -0.2) is 0 Å². The predicted octanol–water partition coefficient (Wildman–Crippen LogP) is 3.87. The smallest absolute Gasteiger partial charge is 0.138 e. The van der Waals surface area contributed by atoms with Crippen molar-refractivity contribution in [3.63, 3.8) is 0 Å². The predicted molar refractivity (Wildman–Crippen MR) is 74.3 cm³/mol. The van der Waals surface area contributed by atoms with E-state index in [1.54, 1.807) is 0 Å². The van der Waals surface area contributed by atoms with E-state index in [-0.39, 0.29) is 0 Å². The molecule has 0 aliphatic rings. The Morgan fingerprint density at radius 1 is 1.06 bits per heavy atom. The number of aryl methyl sites for hydroxylation is 1. The highest BCUT2D eigenvalue weighted by Crippen LogP contribution is 2.32. The summed E-state index contributed by atoms with van der Waals surface area (Å²) in [7, 11) is 0. The highest BCUT2D eigenvalue weighted by atomic mass is 16.3. The van der Waals surface area contributed by atoms with Gasteiger partial charge in [-0.1, -0.05) is 36.4 Å². The van der Waals surface area contributed by atoms with Crippen LogP contribution in [0.1, 0.15) is 11.1 Å². The number of benzene rings is 2. The summed E-state index contributed by atoms with van der Waals surface area (Å²) in [6.45, 7) is 2.64. The lowest BCUT2D eigenvalue weighted by atomic mass is 10.0. The van der Waals surface area contributed by atoms with Crippen molar-refractivity contribution in [1.29, 1.82) is 0 Å². The van der Waals surface area contributed by atoms with Gasteiger partial charge in [-0.2, -0.15) is 0 Å². The summed E-state index contributed by atoms with van der Waals surface area (Å²) in [5.74, 6) is 0.937. The molecule has 0 amide bonds. The maximum Gasteiger partial charge on any atom is 0.138 e. The van der Waals surface area contributed by atoms with Gasteiger partial charge >= 0.3 is 0 Å². The number of hydrogen-bond acceptors (Lipinski definition) is 2. The van der Waals surface area contributed by atoms with Gasteiger partial charge in [-0.15, -0.1) is 0 Å². The highest BCUT2D eigenvalue weighted by Gasteiger charge is 2.11. The van der Waals surface area contributed by atoms with Gasteiger partial charge < -0.3 is 10.2 Å². The lowest BCUT2D eigenvalue weighted by Crippen LogP contribution is -1.95. The largest absolute Gasteiger partial charge is 0.456 e. The summed E-state index contributed by atoms with van der Waals surface area (Å²) in [4.78, 5) is 0. The molecule has 0 radical (unpaired) electrons. The first-order valence-electron chi connectivity index (χ1n) is 6.07. The van der Waals surface area contributed by atoms with E-state index in [4.69, 9.17) is 10.2 Å². The fourth-order valence-corrected chi connectivity index (χ4v) is 2.29. The second kappa shape index (κ2) is 4.31. The van der Waals surface area contributed by atoms with Crippen LogP contribution < -0.4 is 5.73 Å². The summed E-state index contributed by atoms with van der Waals surface area (Å²) in [6.07, 6.45) is 0. The Kier molecular flexibility index (Phi) is 2.65. The fourth-order valence-electron chi connectivity index (χ4n) is 2.29. The molecule has 2 heteroatoms. The van der Waals surface area contributed by atoms with E-state index < -0.39 is 0 Å². The van der Waals surface area contributed by atoms with Crippen LogP contribution in [0.5, 0.6) is 0 Å². The molecular weight excluding hydrogens is 222 g/mol. The third-order valence-electron chi connectivity index (χ3n) is 3.27. The third-order valence-corrected chi connectivity index (χ3v) is 3.27. The average Bonchev–Trinajstić information content (AvgIpc) is 2.77. The summed E-state index contributed by atoms with van der Waals surface area (Å²) >= 11 is 0. The van der Waals surface area contributed by atoms with Crippen molar-refractivity contribution in [2.75, 3.05) is 0 Å². The van der Waals surface area contributed by atoms with Crippen LogP contribution >= 0.6 is 0 Å². The van der Waals surface area contributed by atoms with Crippen LogP contribution in [0.2, 0.25) is 0 Å². The van der Waals surface area contributed by atoms with Crippen molar-refractivity contribution in [2.24, 2.45) is 5.73 Å². The Bertz CT molecular complexity index is 697. The Morgan fingerprint density at radius 2 is 1.89 bits per heavy atom. The van der Waals surface area contributed by atoms with Crippen molar-refractivity contribution in [3.05, 3.63) is 59.7 Å². The Balaban J connectivity index is 2.21. The molecule has 0 fully saturated rings. The Labute approximate surface area is 106 Å². The van der Waals surface area contributed by atoms with Gasteiger partial charge in [0.2, 0.25) is 0 Å². The van der Waals surface area contributed by atoms with E-state index >= 15 is 0 Å². The van der Waals surface area contributed by atoms with E-state index in [0.717, 1.165) is 22.5 Å². The van der Waals surface area contributed by atoms with Crippen LogP contribution in [0, 0.1) is 6.92 Å². The number of nitrogens with two attached hydrogens (primary N) is 1. The van der Waals surface area contributed by atoms with Gasteiger partial charge in [0.05, 0.1) is 0 Å². The van der Waals surface area contributed by atoms with Gasteiger partial charge in [0.1, 0.15) is 11.3 Å². The lowest BCUT2D eigenvalue weighted by Gasteiger charge is -2.01. The monoisotopic (exact) mass is 237 g/mol. The maximum atomic E-state index is 5.94. The fraction of sp³-hybridized carbons (Fsp3) is 0.125. The van der Waals surface area contributed by atoms with Crippen LogP contribution in [-0.2, 0) is 6.54 Å². The summed E-state index contributed by atoms with van der Waals surface area (Å²) in [5.41, 5.74) is 10.0. The molecule has 3 rings (SSSR count). The molecule has 2 aromatic carbocycles. The standard InChI is InChI=1S/C16H15NO/c1-11-14-7-2-3-8-15(14)18-16(11)13-6-4-5-12(9-13)10-17/h2-9H,10,17H2,1H3. The van der Waals surface area contributed by atoms with Gasteiger partial charge in [0.25, 0.3) is 0 Å². The molecule has 0 aliphatic heterocycles. The zero-order valence-electron chi connectivity index (χ0n) is 10.3. The molecule has 0 bridgehead atoms. The number of hydrogen-bond donors (Lipinski definition) is 1. The first kappa shape index (κ1) is 11.1. The number of rotatable bonds is 2. The maximum absolute atomic E-state index is 5.94. The molecule has 0 atom stereocenters. The molecule has 0 spiro atoms. The zero-order chi connectivity index (χ0) is 12.5. The van der Waals surface area contributed by atoms with E-state index in [0.29, 0.717) is 6.54 Å². The molecule has 3 aromatic rings. The van der Waals surface area contributed by atoms with Gasteiger partial charge in [-0.25, -0.2) is 0 Å². The van der Waals surface area contributed by atoms with E-state index in [1.165, 1.54) is 10.9 Å². The zero-order valence-corrected chi connectivity index (χ0v) is 10.3.